The van der Waals surface area contributed by atoms with Gasteiger partial charge in [0.05, 0.1) is 6.61 Å². The van der Waals surface area contributed by atoms with Crippen molar-refractivity contribution in [3.05, 3.63) is 0 Å². The molecule has 0 aromatic heterocycles. The van der Waals surface area contributed by atoms with Gasteiger partial charge in [-0.25, -0.2) is 0 Å². The fraction of sp³-hybridized carbons (Fsp3) is 1.00. The van der Waals surface area contributed by atoms with Crippen molar-refractivity contribution in [2.75, 3.05) is 19.7 Å². The molecule has 0 bridgehead atoms. The molecule has 0 spiro atoms. The summed E-state index contributed by atoms with van der Waals surface area (Å²) in [5, 5.41) is 9.74. The second-order valence-electron chi connectivity index (χ2n) is 5.61. The Morgan fingerprint density at radius 3 is 2.27 bits per heavy atom. The third kappa shape index (κ3) is 2.36. The maximum atomic E-state index is 9.74. The number of rotatable bonds is 2. The average Bonchev–Trinajstić information content (AvgIpc) is 2.32. The van der Waals surface area contributed by atoms with E-state index in [1.54, 1.807) is 0 Å². The van der Waals surface area contributed by atoms with E-state index in [-0.39, 0.29) is 5.54 Å². The smallest absolute Gasteiger partial charge is 0.0615 e. The van der Waals surface area contributed by atoms with Gasteiger partial charge in [0, 0.05) is 5.54 Å². The maximum Gasteiger partial charge on any atom is 0.0615 e. The number of aliphatic hydroxyl groups is 1. The quantitative estimate of drug-likeness (QED) is 0.758. The summed E-state index contributed by atoms with van der Waals surface area (Å²) >= 11 is 0. The molecule has 2 heteroatoms. The van der Waals surface area contributed by atoms with Crippen molar-refractivity contribution in [3.8, 4) is 0 Å². The molecule has 1 aliphatic heterocycles. The minimum Gasteiger partial charge on any atom is -0.394 e. The zero-order valence-electron chi connectivity index (χ0n) is 10.0. The number of hydrogen-bond acceptors (Lipinski definition) is 2. The molecule has 88 valence electrons. The van der Waals surface area contributed by atoms with Crippen LogP contribution in [0.1, 0.15) is 51.9 Å². The summed E-state index contributed by atoms with van der Waals surface area (Å²) in [6.45, 7) is 5.15. The third-order valence-corrected chi connectivity index (χ3v) is 4.53. The Labute approximate surface area is 93.7 Å². The molecular formula is C13H25NO. The van der Waals surface area contributed by atoms with Crippen LogP contribution in [0.3, 0.4) is 0 Å². The van der Waals surface area contributed by atoms with Crippen LogP contribution in [0, 0.1) is 5.92 Å². The summed E-state index contributed by atoms with van der Waals surface area (Å²) in [6.07, 6.45) is 9.08. The number of hydrogen-bond donors (Lipinski definition) is 1. The van der Waals surface area contributed by atoms with Gasteiger partial charge in [0.15, 0.2) is 0 Å². The lowest BCUT2D eigenvalue weighted by Gasteiger charge is -2.48. The van der Waals surface area contributed by atoms with Crippen molar-refractivity contribution in [2.45, 2.75) is 57.4 Å². The summed E-state index contributed by atoms with van der Waals surface area (Å²) < 4.78 is 0. The Hall–Kier alpha value is -0.0800. The highest BCUT2D eigenvalue weighted by Gasteiger charge is 2.39. The lowest BCUT2D eigenvalue weighted by molar-refractivity contribution is -0.0185. The van der Waals surface area contributed by atoms with Crippen molar-refractivity contribution in [2.24, 2.45) is 5.92 Å². The molecule has 2 nitrogen and oxygen atoms in total. The van der Waals surface area contributed by atoms with E-state index in [0.29, 0.717) is 6.61 Å². The molecule has 0 unspecified atom stereocenters. The second-order valence-corrected chi connectivity index (χ2v) is 5.61. The van der Waals surface area contributed by atoms with Gasteiger partial charge in [0.25, 0.3) is 0 Å². The Kier molecular flexibility index (Phi) is 3.68. The van der Waals surface area contributed by atoms with E-state index in [0.717, 1.165) is 5.92 Å². The van der Waals surface area contributed by atoms with Crippen molar-refractivity contribution < 1.29 is 5.11 Å². The van der Waals surface area contributed by atoms with Crippen LogP contribution >= 0.6 is 0 Å². The number of piperidine rings is 1. The van der Waals surface area contributed by atoms with Crippen LogP contribution in [0.25, 0.3) is 0 Å². The molecule has 2 aliphatic rings. The number of likely N-dealkylation sites (tertiary alicyclic amines) is 1. The predicted octanol–water partition coefficient (Wildman–Crippen LogP) is 2.41. The lowest BCUT2D eigenvalue weighted by atomic mass is 9.76. The standard InChI is InChI=1S/C13H25NO/c1-12-5-7-13(11-15,8-6-12)14-9-3-2-4-10-14/h12,15H,2-11H2,1H3. The lowest BCUT2D eigenvalue weighted by Crippen LogP contribution is -2.55. The van der Waals surface area contributed by atoms with E-state index in [2.05, 4.69) is 11.8 Å². The Bertz CT molecular complexity index is 191. The van der Waals surface area contributed by atoms with E-state index < -0.39 is 0 Å². The minimum absolute atomic E-state index is 0.160. The zero-order valence-corrected chi connectivity index (χ0v) is 10.0. The van der Waals surface area contributed by atoms with Gasteiger partial charge in [-0.05, 0) is 57.5 Å². The third-order valence-electron chi connectivity index (χ3n) is 4.53. The molecule has 0 amide bonds. The number of nitrogens with zero attached hydrogens (tertiary/aromatic N) is 1. The van der Waals surface area contributed by atoms with Crippen molar-refractivity contribution in [1.82, 2.24) is 4.90 Å². The first-order valence-corrected chi connectivity index (χ1v) is 6.63. The molecule has 0 atom stereocenters. The van der Waals surface area contributed by atoms with Crippen molar-refractivity contribution >= 4 is 0 Å². The van der Waals surface area contributed by atoms with Gasteiger partial charge in [-0.2, -0.15) is 0 Å². The Balaban J connectivity index is 2.00. The molecule has 0 radical (unpaired) electrons. The molecule has 15 heavy (non-hydrogen) atoms. The fourth-order valence-corrected chi connectivity index (χ4v) is 3.24. The van der Waals surface area contributed by atoms with Crippen LogP contribution in [0.15, 0.2) is 0 Å². The molecule has 0 aromatic rings. The van der Waals surface area contributed by atoms with Crippen LogP contribution in [0.4, 0.5) is 0 Å². The summed E-state index contributed by atoms with van der Waals surface area (Å²) in [5.41, 5.74) is 0.160. The molecule has 0 aromatic carbocycles. The van der Waals surface area contributed by atoms with Crippen LogP contribution in [-0.2, 0) is 0 Å². The van der Waals surface area contributed by atoms with E-state index >= 15 is 0 Å². The highest BCUT2D eigenvalue weighted by atomic mass is 16.3. The van der Waals surface area contributed by atoms with Gasteiger partial charge in [0.2, 0.25) is 0 Å². The normalized spacial score (nSPS) is 39.2. The Morgan fingerprint density at radius 2 is 1.73 bits per heavy atom. The SMILES string of the molecule is CC1CCC(CO)(N2CCCCC2)CC1. The van der Waals surface area contributed by atoms with Gasteiger partial charge in [-0.15, -0.1) is 0 Å². The van der Waals surface area contributed by atoms with Gasteiger partial charge >= 0.3 is 0 Å². The molecule has 2 fully saturated rings. The van der Waals surface area contributed by atoms with Crippen LogP contribution < -0.4 is 0 Å². The highest BCUT2D eigenvalue weighted by Crippen LogP contribution is 2.37. The molecular weight excluding hydrogens is 186 g/mol. The largest absolute Gasteiger partial charge is 0.394 e. The first-order chi connectivity index (χ1) is 7.27. The highest BCUT2D eigenvalue weighted by molar-refractivity contribution is 4.94. The van der Waals surface area contributed by atoms with E-state index in [1.165, 1.54) is 58.0 Å². The van der Waals surface area contributed by atoms with Crippen LogP contribution in [0.2, 0.25) is 0 Å². The van der Waals surface area contributed by atoms with Crippen LogP contribution in [0.5, 0.6) is 0 Å². The average molecular weight is 211 g/mol. The first-order valence-electron chi connectivity index (χ1n) is 6.63. The minimum atomic E-state index is 0.160. The van der Waals surface area contributed by atoms with Crippen molar-refractivity contribution in [3.63, 3.8) is 0 Å². The summed E-state index contributed by atoms with van der Waals surface area (Å²) in [6, 6.07) is 0. The van der Waals surface area contributed by atoms with Gasteiger partial charge in [-0.1, -0.05) is 13.3 Å². The van der Waals surface area contributed by atoms with Crippen LogP contribution in [-0.4, -0.2) is 35.2 Å². The topological polar surface area (TPSA) is 23.5 Å². The molecule has 2 rings (SSSR count). The van der Waals surface area contributed by atoms with Crippen molar-refractivity contribution in [1.29, 1.82) is 0 Å². The van der Waals surface area contributed by atoms with Gasteiger partial charge < -0.3 is 5.11 Å². The van der Waals surface area contributed by atoms with Gasteiger partial charge in [0.1, 0.15) is 0 Å². The fourth-order valence-electron chi connectivity index (χ4n) is 3.24. The van der Waals surface area contributed by atoms with E-state index in [9.17, 15) is 5.11 Å². The molecule has 1 aliphatic carbocycles. The molecule has 1 saturated heterocycles. The first kappa shape index (κ1) is 11.4. The summed E-state index contributed by atoms with van der Waals surface area (Å²) in [5.74, 6) is 0.870. The summed E-state index contributed by atoms with van der Waals surface area (Å²) in [4.78, 5) is 2.59. The predicted molar refractivity (Wildman–Crippen MR) is 62.9 cm³/mol. The Morgan fingerprint density at radius 1 is 1.13 bits per heavy atom. The summed E-state index contributed by atoms with van der Waals surface area (Å²) in [7, 11) is 0. The zero-order chi connectivity index (χ0) is 10.7. The monoisotopic (exact) mass is 211 g/mol. The molecule has 1 heterocycles. The van der Waals surface area contributed by atoms with E-state index in [1.807, 2.05) is 0 Å². The van der Waals surface area contributed by atoms with Gasteiger partial charge in [-0.3, -0.25) is 4.90 Å². The molecule has 1 saturated carbocycles. The maximum absolute atomic E-state index is 9.74. The second kappa shape index (κ2) is 4.84. The number of aliphatic hydroxyl groups excluding tert-OH is 1. The van der Waals surface area contributed by atoms with E-state index in [4.69, 9.17) is 0 Å². The molecule has 1 N–H and O–H groups in total.